The van der Waals surface area contributed by atoms with E-state index in [0.717, 1.165) is 108 Å². The van der Waals surface area contributed by atoms with Gasteiger partial charge in [-0.05, 0) is 192 Å². The summed E-state index contributed by atoms with van der Waals surface area (Å²) in [6.45, 7) is 23.6. The summed E-state index contributed by atoms with van der Waals surface area (Å²) in [4.78, 5) is 9.97. The van der Waals surface area contributed by atoms with Crippen LogP contribution in [0.3, 0.4) is 0 Å². The Balaban J connectivity index is 2.25. The van der Waals surface area contributed by atoms with Crippen LogP contribution in [0.4, 0.5) is 0 Å². The van der Waals surface area contributed by atoms with Crippen molar-refractivity contribution in [3.63, 3.8) is 0 Å². The maximum Gasteiger partial charge on any atom is 0.474 e. The number of phosphoric ester groups is 1. The van der Waals surface area contributed by atoms with Gasteiger partial charge in [-0.2, -0.15) is 0 Å². The van der Waals surface area contributed by atoms with E-state index in [0.29, 0.717) is 0 Å². The van der Waals surface area contributed by atoms with Gasteiger partial charge < -0.3 is 24.9 Å². The predicted octanol–water partition coefficient (Wildman–Crippen LogP) is 15.1. The predicted molar refractivity (Wildman–Crippen MR) is 271 cm³/mol. The maximum atomic E-state index is 12.3. The van der Waals surface area contributed by atoms with Gasteiger partial charge in [0.2, 0.25) is 0 Å². The average molecular weight is 911 g/mol. The second-order valence-electron chi connectivity index (χ2n) is 18.7. The summed E-state index contributed by atoms with van der Waals surface area (Å²) in [6, 6.07) is 0. The first-order valence-corrected chi connectivity index (χ1v) is 25.6. The molecule has 4 N–H and O–H groups in total. The van der Waals surface area contributed by atoms with Gasteiger partial charge in [-0.3, -0.25) is 9.05 Å². The Hall–Kier alpha value is -2.65. The van der Waals surface area contributed by atoms with Crippen molar-refractivity contribution in [3.05, 3.63) is 116 Å². The van der Waals surface area contributed by atoms with E-state index >= 15 is 0 Å². The standard InChI is InChI=1S/C55H91O8P/c1-42(2)21-12-22-43(3)23-13-24-44(4)25-14-26-45(5)27-15-28-46(6)29-16-30-47(7)31-17-32-48(8)33-18-34-49(9)35-19-36-50(10)37-20-38-51(11)39-40-61-64(59,60)63-55-54(58)53(57)52(41-56)62-55/h21,23,25,27,29,31,33,35,37,39,52-58H,12-20,22,24,26,28,30,32,34,36,38,40-41H2,1-11H3,(H,59,60)/b43-23+,44-25-,45-27-,46-29-,47-31-,48-33-,49-35-,50-37-,51-39-/t52-,53-,54+,55+/m1/s1. The lowest BCUT2D eigenvalue weighted by Gasteiger charge is -2.18. The molecule has 1 rings (SSSR count). The van der Waals surface area contributed by atoms with Gasteiger partial charge in [0.25, 0.3) is 0 Å². The molecular formula is C55H91O8P. The van der Waals surface area contributed by atoms with E-state index in [1.807, 2.05) is 6.92 Å². The third-order valence-corrected chi connectivity index (χ3v) is 12.7. The van der Waals surface area contributed by atoms with E-state index in [1.54, 1.807) is 6.08 Å². The molecule has 1 unspecified atom stereocenters. The summed E-state index contributed by atoms with van der Waals surface area (Å²) in [5.41, 5.74) is 14.2. The zero-order valence-corrected chi connectivity index (χ0v) is 43.0. The van der Waals surface area contributed by atoms with Crippen LogP contribution in [0.1, 0.15) is 192 Å². The molecule has 0 saturated carbocycles. The molecule has 0 aromatic heterocycles. The van der Waals surface area contributed by atoms with Crippen LogP contribution in [0.5, 0.6) is 0 Å². The Labute approximate surface area is 391 Å². The SMILES string of the molecule is CC(C)=CCC/C(C)=C/CC/C(C)=C\CC/C(C)=C\CC/C(C)=C\CC/C(C)=C\CC/C(C)=C\CC/C(C)=C\CC/C(C)=C\CC/C(C)=C\COP(=O)(O)O[C@@H]1O[C@H](CO)[C@@H](O)[C@@H]1O. The summed E-state index contributed by atoms with van der Waals surface area (Å²) in [6.07, 6.45) is 37.1. The van der Waals surface area contributed by atoms with Crippen LogP contribution in [0.25, 0.3) is 0 Å². The molecule has 1 aliphatic rings. The third-order valence-electron chi connectivity index (χ3n) is 11.7. The third kappa shape index (κ3) is 30.5. The van der Waals surface area contributed by atoms with Crippen molar-refractivity contribution in [2.75, 3.05) is 13.2 Å². The summed E-state index contributed by atoms with van der Waals surface area (Å²) >= 11 is 0. The highest BCUT2D eigenvalue weighted by Crippen LogP contribution is 2.46. The molecule has 8 nitrogen and oxygen atoms in total. The summed E-state index contributed by atoms with van der Waals surface area (Å²) in [7, 11) is -4.55. The normalized spacial score (nSPS) is 21.2. The fraction of sp³-hybridized carbons (Fsp3) is 0.636. The Kier molecular flexibility index (Phi) is 32.1. The summed E-state index contributed by atoms with van der Waals surface area (Å²) in [5.74, 6) is 0. The first kappa shape index (κ1) is 59.4. The highest BCUT2D eigenvalue weighted by molar-refractivity contribution is 7.47. The Morgan fingerprint density at radius 2 is 0.719 bits per heavy atom. The monoisotopic (exact) mass is 911 g/mol. The minimum absolute atomic E-state index is 0.153. The molecule has 64 heavy (non-hydrogen) atoms. The molecule has 1 saturated heterocycles. The van der Waals surface area contributed by atoms with Gasteiger partial charge in [0.1, 0.15) is 18.3 Å². The molecule has 0 aromatic carbocycles. The molecule has 1 aliphatic heterocycles. The first-order chi connectivity index (χ1) is 30.3. The minimum Gasteiger partial charge on any atom is -0.394 e. The second-order valence-corrected chi connectivity index (χ2v) is 20.1. The number of rotatable bonds is 33. The zero-order valence-electron chi connectivity index (χ0n) is 42.1. The number of allylic oxidation sites excluding steroid dienone is 19. The maximum absolute atomic E-state index is 12.3. The molecule has 0 radical (unpaired) electrons. The van der Waals surface area contributed by atoms with Gasteiger partial charge in [0.15, 0.2) is 6.29 Å². The number of hydrogen-bond donors (Lipinski definition) is 4. The van der Waals surface area contributed by atoms with Crippen molar-refractivity contribution in [2.45, 2.75) is 216 Å². The van der Waals surface area contributed by atoms with Crippen molar-refractivity contribution in [1.29, 1.82) is 0 Å². The lowest BCUT2D eigenvalue weighted by atomic mass is 10.0. The summed E-state index contributed by atoms with van der Waals surface area (Å²) < 4.78 is 27.2. The van der Waals surface area contributed by atoms with Crippen LogP contribution < -0.4 is 0 Å². The smallest absolute Gasteiger partial charge is 0.394 e. The number of phosphoric acid groups is 1. The molecule has 9 heteroatoms. The highest BCUT2D eigenvalue weighted by Gasteiger charge is 2.46. The molecule has 1 fully saturated rings. The second kappa shape index (κ2) is 34.6. The van der Waals surface area contributed by atoms with Crippen molar-refractivity contribution in [1.82, 2.24) is 0 Å². The van der Waals surface area contributed by atoms with E-state index in [2.05, 4.69) is 124 Å². The number of hydrogen-bond acceptors (Lipinski definition) is 7. The van der Waals surface area contributed by atoms with Gasteiger partial charge in [0.05, 0.1) is 13.2 Å². The number of aliphatic hydroxyl groups excluding tert-OH is 3. The fourth-order valence-electron chi connectivity index (χ4n) is 7.26. The Morgan fingerprint density at radius 3 is 0.969 bits per heavy atom. The first-order valence-electron chi connectivity index (χ1n) is 24.1. The number of aliphatic hydroxyl groups is 3. The van der Waals surface area contributed by atoms with Crippen LogP contribution in [0.15, 0.2) is 116 Å². The molecule has 0 bridgehead atoms. The van der Waals surface area contributed by atoms with Crippen molar-refractivity contribution in [2.24, 2.45) is 0 Å². The minimum atomic E-state index is -4.55. The van der Waals surface area contributed by atoms with Gasteiger partial charge >= 0.3 is 7.82 Å². The van der Waals surface area contributed by atoms with Crippen LogP contribution in [-0.4, -0.2) is 58.0 Å². The zero-order chi connectivity index (χ0) is 47.9. The van der Waals surface area contributed by atoms with Gasteiger partial charge in [-0.15, -0.1) is 0 Å². The molecule has 1 heterocycles. The Bertz CT molecular complexity index is 1710. The topological polar surface area (TPSA) is 126 Å². The Morgan fingerprint density at radius 1 is 0.453 bits per heavy atom. The van der Waals surface area contributed by atoms with E-state index in [1.165, 1.54) is 63.0 Å². The number of ether oxygens (including phenoxy) is 1. The molecule has 0 aliphatic carbocycles. The quantitative estimate of drug-likeness (QED) is 0.0379. The summed E-state index contributed by atoms with van der Waals surface area (Å²) in [5, 5.41) is 28.9. The van der Waals surface area contributed by atoms with Crippen molar-refractivity contribution < 1.29 is 38.6 Å². The molecule has 5 atom stereocenters. The van der Waals surface area contributed by atoms with Crippen molar-refractivity contribution in [3.8, 4) is 0 Å². The molecule has 0 amide bonds. The van der Waals surface area contributed by atoms with Gasteiger partial charge in [0, 0.05) is 0 Å². The van der Waals surface area contributed by atoms with Gasteiger partial charge in [-0.1, -0.05) is 116 Å². The van der Waals surface area contributed by atoms with Crippen molar-refractivity contribution >= 4 is 7.82 Å². The largest absolute Gasteiger partial charge is 0.474 e. The molecular weight excluding hydrogens is 820 g/mol. The van der Waals surface area contributed by atoms with E-state index in [-0.39, 0.29) is 6.61 Å². The van der Waals surface area contributed by atoms with E-state index in [4.69, 9.17) is 18.9 Å². The molecule has 364 valence electrons. The lowest BCUT2D eigenvalue weighted by Crippen LogP contribution is -2.34. The van der Waals surface area contributed by atoms with Crippen LogP contribution in [-0.2, 0) is 18.3 Å². The fourth-order valence-corrected chi connectivity index (χ4v) is 8.03. The van der Waals surface area contributed by atoms with Crippen LogP contribution in [0.2, 0.25) is 0 Å². The van der Waals surface area contributed by atoms with Crippen LogP contribution >= 0.6 is 7.82 Å². The average Bonchev–Trinajstić information content (AvgIpc) is 3.47. The van der Waals surface area contributed by atoms with Gasteiger partial charge in [-0.25, -0.2) is 4.57 Å². The molecule has 0 spiro atoms. The highest BCUT2D eigenvalue weighted by atomic mass is 31.2. The molecule has 0 aromatic rings. The van der Waals surface area contributed by atoms with E-state index in [9.17, 15) is 19.7 Å². The lowest BCUT2D eigenvalue weighted by molar-refractivity contribution is -0.127. The van der Waals surface area contributed by atoms with Crippen LogP contribution in [0, 0.1) is 0 Å². The van der Waals surface area contributed by atoms with E-state index < -0.39 is 39.0 Å².